The van der Waals surface area contributed by atoms with Gasteiger partial charge in [-0.2, -0.15) is 0 Å². The molecule has 1 aliphatic carbocycles. The van der Waals surface area contributed by atoms with Crippen LogP contribution in [0.3, 0.4) is 0 Å². The molecule has 3 aromatic rings. The van der Waals surface area contributed by atoms with Gasteiger partial charge in [0.25, 0.3) is 0 Å². The van der Waals surface area contributed by atoms with Crippen molar-refractivity contribution >= 4 is 27.8 Å². The number of aromatic nitrogens is 1. The Balaban J connectivity index is 1.99. The van der Waals surface area contributed by atoms with E-state index in [-0.39, 0.29) is 18.1 Å². The zero-order valence-corrected chi connectivity index (χ0v) is 17.5. The lowest BCUT2D eigenvalue weighted by Gasteiger charge is -2.26. The Hall–Kier alpha value is -3.37. The largest absolute Gasteiger partial charge is 0.506 e. The first kappa shape index (κ1) is 19.9. The van der Waals surface area contributed by atoms with Crippen LogP contribution in [0.15, 0.2) is 72.0 Å². The topological polar surface area (TPSA) is 62.5 Å². The monoisotopic (exact) mass is 399 g/mol. The van der Waals surface area contributed by atoms with E-state index >= 15 is 0 Å². The number of aryl methyl sites for hydroxylation is 1. The van der Waals surface area contributed by atoms with Crippen LogP contribution in [0, 0.1) is 13.8 Å². The molecule has 0 radical (unpaired) electrons. The van der Waals surface area contributed by atoms with Crippen LogP contribution in [0.2, 0.25) is 0 Å². The second-order valence-corrected chi connectivity index (χ2v) is 7.75. The van der Waals surface area contributed by atoms with Crippen LogP contribution in [0.1, 0.15) is 29.3 Å². The summed E-state index contributed by atoms with van der Waals surface area (Å²) in [6, 6.07) is 15.6. The third-order valence-corrected chi connectivity index (χ3v) is 5.82. The van der Waals surface area contributed by atoms with Gasteiger partial charge in [-0.3, -0.25) is 4.79 Å². The lowest BCUT2D eigenvalue weighted by Crippen LogP contribution is -2.23. The van der Waals surface area contributed by atoms with E-state index in [0.29, 0.717) is 23.3 Å². The van der Waals surface area contributed by atoms with Crippen LogP contribution in [0.25, 0.3) is 22.0 Å². The first-order chi connectivity index (χ1) is 14.4. The second-order valence-electron chi connectivity index (χ2n) is 7.75. The van der Waals surface area contributed by atoms with E-state index in [1.54, 1.807) is 0 Å². The molecule has 0 amide bonds. The number of allylic oxidation sites excluding steroid dienone is 4. The lowest BCUT2D eigenvalue weighted by molar-refractivity contribution is -0.111. The van der Waals surface area contributed by atoms with E-state index in [9.17, 15) is 15.0 Å². The van der Waals surface area contributed by atoms with E-state index in [2.05, 4.69) is 6.58 Å². The van der Waals surface area contributed by atoms with Gasteiger partial charge in [0.2, 0.25) is 5.78 Å². The molecule has 0 saturated carbocycles. The Kier molecular flexibility index (Phi) is 4.96. The number of ketones is 1. The van der Waals surface area contributed by atoms with E-state index in [1.807, 2.05) is 73.9 Å². The van der Waals surface area contributed by atoms with Crippen LogP contribution in [0.4, 0.5) is 0 Å². The molecule has 2 aromatic carbocycles. The Labute approximate surface area is 176 Å². The summed E-state index contributed by atoms with van der Waals surface area (Å²) < 4.78 is 1.99. The predicted octanol–water partition coefficient (Wildman–Crippen LogP) is 5.13. The number of carbonyl (C=O) groups is 1. The lowest BCUT2D eigenvalue weighted by atomic mass is 9.76. The normalized spacial score (nSPS) is 15.5. The highest BCUT2D eigenvalue weighted by molar-refractivity contribution is 6.43. The molecule has 1 aliphatic rings. The summed E-state index contributed by atoms with van der Waals surface area (Å²) in [7, 11) is 0. The summed E-state index contributed by atoms with van der Waals surface area (Å²) in [6.45, 7) is 10.2. The van der Waals surface area contributed by atoms with E-state index in [0.717, 1.165) is 38.9 Å². The zero-order valence-electron chi connectivity index (χ0n) is 17.5. The Bertz CT molecular complexity index is 1270. The number of aliphatic hydroxyl groups excluding tert-OH is 2. The molecule has 1 heterocycles. The van der Waals surface area contributed by atoms with E-state index in [4.69, 9.17) is 0 Å². The van der Waals surface area contributed by atoms with Gasteiger partial charge in [-0.15, -0.1) is 0 Å². The summed E-state index contributed by atoms with van der Waals surface area (Å²) in [4.78, 5) is 13.4. The summed E-state index contributed by atoms with van der Waals surface area (Å²) in [6.07, 6.45) is 0. The van der Waals surface area contributed by atoms with Crippen LogP contribution < -0.4 is 0 Å². The molecule has 0 spiro atoms. The van der Waals surface area contributed by atoms with Crippen LogP contribution in [-0.4, -0.2) is 27.2 Å². The molecule has 0 unspecified atom stereocenters. The molecule has 0 atom stereocenters. The maximum Gasteiger partial charge on any atom is 0.201 e. The van der Waals surface area contributed by atoms with Gasteiger partial charge >= 0.3 is 0 Å². The minimum atomic E-state index is -0.177. The third kappa shape index (κ3) is 2.84. The van der Waals surface area contributed by atoms with Gasteiger partial charge < -0.3 is 14.8 Å². The molecular weight excluding hydrogens is 374 g/mol. The average molecular weight is 399 g/mol. The van der Waals surface area contributed by atoms with Gasteiger partial charge in [-0.25, -0.2) is 0 Å². The SMILES string of the molecule is C=C(C)/C(=C1/C(=O)C(c2c(C)n(CCO)c3ccccc23)=C1O)c1ccccc1C. The predicted molar refractivity (Wildman–Crippen MR) is 121 cm³/mol. The standard InChI is InChI=1S/C26H25NO3/c1-15(2)21(18-10-6-5-9-16(18)3)23-25(29)24(26(23)30)22-17(4)27(13-14-28)20-12-8-7-11-19(20)22/h5-12,28-29H,1,13-14H2,2-4H3/b23-21-. The van der Waals surface area contributed by atoms with Gasteiger partial charge in [-0.1, -0.05) is 49.0 Å². The summed E-state index contributed by atoms with van der Waals surface area (Å²) in [5.74, 6) is -0.167. The molecule has 1 aromatic heterocycles. The minimum Gasteiger partial charge on any atom is -0.506 e. The highest BCUT2D eigenvalue weighted by Gasteiger charge is 2.40. The number of rotatable bonds is 5. The van der Waals surface area contributed by atoms with Gasteiger partial charge in [0.1, 0.15) is 5.76 Å². The number of Topliss-reactive ketones (excluding diaryl/α,β-unsaturated/α-hetero) is 1. The summed E-state index contributed by atoms with van der Waals surface area (Å²) in [5.41, 5.74) is 6.53. The first-order valence-electron chi connectivity index (χ1n) is 10.0. The van der Waals surface area contributed by atoms with Crippen molar-refractivity contribution in [3.8, 4) is 0 Å². The molecular formula is C26H25NO3. The third-order valence-electron chi connectivity index (χ3n) is 5.82. The fourth-order valence-electron chi connectivity index (χ4n) is 4.43. The number of para-hydroxylation sites is 1. The number of nitrogens with zero attached hydrogens (tertiary/aromatic N) is 1. The van der Waals surface area contributed by atoms with Crippen molar-refractivity contribution in [1.29, 1.82) is 0 Å². The van der Waals surface area contributed by atoms with Gasteiger partial charge in [0, 0.05) is 28.7 Å². The molecule has 0 aliphatic heterocycles. The second kappa shape index (κ2) is 7.47. The highest BCUT2D eigenvalue weighted by atomic mass is 16.3. The average Bonchev–Trinajstić information content (AvgIpc) is 2.99. The van der Waals surface area contributed by atoms with E-state index in [1.165, 1.54) is 0 Å². The van der Waals surface area contributed by atoms with Gasteiger partial charge in [0.15, 0.2) is 0 Å². The zero-order chi connectivity index (χ0) is 21.6. The molecule has 4 heteroatoms. The Morgan fingerprint density at radius 2 is 1.73 bits per heavy atom. The highest BCUT2D eigenvalue weighted by Crippen LogP contribution is 2.46. The van der Waals surface area contributed by atoms with E-state index < -0.39 is 0 Å². The summed E-state index contributed by atoms with van der Waals surface area (Å²) >= 11 is 0. The molecule has 4 rings (SSSR count). The van der Waals surface area contributed by atoms with Crippen molar-refractivity contribution < 1.29 is 15.0 Å². The number of aliphatic hydroxyl groups is 2. The molecule has 0 bridgehead atoms. The Morgan fingerprint density at radius 1 is 1.07 bits per heavy atom. The molecule has 152 valence electrons. The molecule has 0 fully saturated rings. The summed E-state index contributed by atoms with van der Waals surface area (Å²) in [5, 5.41) is 21.5. The van der Waals surface area contributed by atoms with Crippen molar-refractivity contribution in [2.75, 3.05) is 6.61 Å². The number of hydrogen-bond acceptors (Lipinski definition) is 3. The van der Waals surface area contributed by atoms with Crippen molar-refractivity contribution in [2.45, 2.75) is 27.3 Å². The number of fused-ring (bicyclic) bond motifs is 1. The van der Waals surface area contributed by atoms with Crippen LogP contribution in [0.5, 0.6) is 0 Å². The van der Waals surface area contributed by atoms with Crippen molar-refractivity contribution in [3.63, 3.8) is 0 Å². The maximum atomic E-state index is 13.4. The van der Waals surface area contributed by atoms with Gasteiger partial charge in [0.05, 0.1) is 17.8 Å². The quantitative estimate of drug-likeness (QED) is 0.585. The van der Waals surface area contributed by atoms with Crippen molar-refractivity contribution in [2.24, 2.45) is 0 Å². The smallest absolute Gasteiger partial charge is 0.201 e. The molecule has 0 saturated heterocycles. The van der Waals surface area contributed by atoms with Crippen LogP contribution in [-0.2, 0) is 11.3 Å². The number of hydrogen-bond donors (Lipinski definition) is 2. The van der Waals surface area contributed by atoms with Crippen LogP contribution >= 0.6 is 0 Å². The number of carbonyl (C=O) groups excluding carboxylic acids is 1. The fourth-order valence-corrected chi connectivity index (χ4v) is 4.43. The van der Waals surface area contributed by atoms with Gasteiger partial charge in [-0.05, 0) is 49.1 Å². The fraction of sp³-hybridized carbons (Fsp3) is 0.192. The Morgan fingerprint density at radius 3 is 2.37 bits per heavy atom. The minimum absolute atomic E-state index is 0.00380. The van der Waals surface area contributed by atoms with Crippen molar-refractivity contribution in [1.82, 2.24) is 4.57 Å². The molecule has 4 nitrogen and oxygen atoms in total. The molecule has 30 heavy (non-hydrogen) atoms. The number of benzene rings is 2. The first-order valence-corrected chi connectivity index (χ1v) is 10.0. The maximum absolute atomic E-state index is 13.4. The molecule has 2 N–H and O–H groups in total. The van der Waals surface area contributed by atoms with Crippen molar-refractivity contribution in [3.05, 3.63) is 94.4 Å².